The third-order valence-electron chi connectivity index (χ3n) is 10.4. The van der Waals surface area contributed by atoms with Crippen LogP contribution < -0.4 is 9.47 Å². The van der Waals surface area contributed by atoms with Gasteiger partial charge in [-0.05, 0) is 109 Å². The van der Waals surface area contributed by atoms with Crippen molar-refractivity contribution in [2.24, 2.45) is 17.8 Å². The Morgan fingerprint density at radius 3 is 1.94 bits per heavy atom. The van der Waals surface area contributed by atoms with E-state index in [0.717, 1.165) is 65.9 Å². The SMILES string of the molecule is CCOP(=O)(CC)C(CCC(=O)Oc1c(C)cc2c(c1C)CCC(C)(CCCC(C)CCCC(C)CCCC(C)C)O2)P(=O)(OCC)OCC. The average Bonchev–Trinajstić information content (AvgIpc) is 3.03. The summed E-state index contributed by atoms with van der Waals surface area (Å²) in [6.07, 6.45) is 13.3. The molecule has 0 N–H and O–H groups in total. The third kappa shape index (κ3) is 13.7. The van der Waals surface area contributed by atoms with E-state index in [1.165, 1.54) is 44.9 Å². The second kappa shape index (κ2) is 21.5. The van der Waals surface area contributed by atoms with Crippen molar-refractivity contribution in [1.29, 1.82) is 0 Å². The summed E-state index contributed by atoms with van der Waals surface area (Å²) < 4.78 is 57.2. The Morgan fingerprint density at radius 1 is 0.840 bits per heavy atom. The number of hydrogen-bond donors (Lipinski definition) is 0. The zero-order chi connectivity index (χ0) is 37.5. The Balaban J connectivity index is 2.00. The van der Waals surface area contributed by atoms with Crippen LogP contribution in [0.1, 0.15) is 156 Å². The predicted molar refractivity (Wildman–Crippen MR) is 207 cm³/mol. The van der Waals surface area contributed by atoms with Crippen LogP contribution in [-0.2, 0) is 33.9 Å². The molecule has 0 fully saturated rings. The van der Waals surface area contributed by atoms with Gasteiger partial charge in [-0.1, -0.05) is 79.6 Å². The van der Waals surface area contributed by atoms with Gasteiger partial charge in [0.2, 0.25) is 7.37 Å². The van der Waals surface area contributed by atoms with Gasteiger partial charge in [-0.2, -0.15) is 0 Å². The minimum Gasteiger partial charge on any atom is -0.487 e. The van der Waals surface area contributed by atoms with Crippen molar-refractivity contribution in [3.63, 3.8) is 0 Å². The fraction of sp³-hybridized carbons (Fsp3) is 0.825. The van der Waals surface area contributed by atoms with E-state index < -0.39 is 26.3 Å². The highest BCUT2D eigenvalue weighted by Gasteiger charge is 2.48. The Morgan fingerprint density at radius 2 is 1.40 bits per heavy atom. The zero-order valence-corrected chi connectivity index (χ0v) is 35.4. The molecular formula is C40H72O8P2. The maximum Gasteiger partial charge on any atom is 0.343 e. The minimum atomic E-state index is -3.83. The van der Waals surface area contributed by atoms with Crippen molar-refractivity contribution < 1.29 is 37.0 Å². The number of benzene rings is 1. The molecule has 1 aromatic carbocycles. The van der Waals surface area contributed by atoms with Crippen LogP contribution in [0.2, 0.25) is 0 Å². The van der Waals surface area contributed by atoms with E-state index in [-0.39, 0.29) is 44.4 Å². The molecule has 0 radical (unpaired) electrons. The highest BCUT2D eigenvalue weighted by molar-refractivity contribution is 7.75. The van der Waals surface area contributed by atoms with Gasteiger partial charge in [0.05, 0.1) is 19.8 Å². The van der Waals surface area contributed by atoms with Crippen LogP contribution in [0.25, 0.3) is 0 Å². The first-order chi connectivity index (χ1) is 23.6. The first kappa shape index (κ1) is 45.0. The summed E-state index contributed by atoms with van der Waals surface area (Å²) in [4.78, 5) is 13.3. The van der Waals surface area contributed by atoms with E-state index in [1.807, 2.05) is 19.9 Å². The molecule has 0 saturated carbocycles. The molecular weight excluding hydrogens is 670 g/mol. The molecule has 0 aromatic heterocycles. The van der Waals surface area contributed by atoms with Crippen molar-refractivity contribution >= 4 is 20.9 Å². The Labute approximate surface area is 305 Å². The summed E-state index contributed by atoms with van der Waals surface area (Å²) in [6, 6.07) is 1.99. The summed E-state index contributed by atoms with van der Waals surface area (Å²) in [5.41, 5.74) is 2.59. The largest absolute Gasteiger partial charge is 0.487 e. The number of esters is 1. The fourth-order valence-corrected chi connectivity index (χ4v) is 13.5. The lowest BCUT2D eigenvalue weighted by Crippen LogP contribution is -2.36. The highest BCUT2D eigenvalue weighted by Crippen LogP contribution is 2.71. The predicted octanol–water partition coefficient (Wildman–Crippen LogP) is 12.4. The normalized spacial score (nSPS) is 19.4. The number of ether oxygens (including phenoxy) is 2. The van der Waals surface area contributed by atoms with Crippen LogP contribution >= 0.6 is 15.0 Å². The Kier molecular flexibility index (Phi) is 19.4. The molecule has 1 aliphatic rings. The number of aryl methyl sites for hydroxylation is 1. The van der Waals surface area contributed by atoms with Crippen LogP contribution in [0.15, 0.2) is 6.07 Å². The average molecular weight is 743 g/mol. The number of carbonyl (C=O) groups is 1. The zero-order valence-electron chi connectivity index (χ0n) is 33.6. The van der Waals surface area contributed by atoms with Gasteiger partial charge in [-0.3, -0.25) is 13.9 Å². The van der Waals surface area contributed by atoms with Gasteiger partial charge in [0.15, 0.2) is 0 Å². The molecule has 50 heavy (non-hydrogen) atoms. The number of fused-ring (bicyclic) bond motifs is 1. The van der Waals surface area contributed by atoms with Crippen LogP contribution in [0.4, 0.5) is 0 Å². The second-order valence-electron chi connectivity index (χ2n) is 15.4. The summed E-state index contributed by atoms with van der Waals surface area (Å²) in [5.74, 6) is 3.29. The van der Waals surface area contributed by atoms with Crippen molar-refractivity contribution in [1.82, 2.24) is 0 Å². The number of hydrogen-bond acceptors (Lipinski definition) is 8. The van der Waals surface area contributed by atoms with Crippen LogP contribution in [0, 0.1) is 31.6 Å². The first-order valence-electron chi connectivity index (χ1n) is 19.7. The molecule has 0 amide bonds. The smallest absolute Gasteiger partial charge is 0.343 e. The van der Waals surface area contributed by atoms with Crippen LogP contribution in [0.5, 0.6) is 11.5 Å². The van der Waals surface area contributed by atoms with Crippen molar-refractivity contribution in [2.75, 3.05) is 26.0 Å². The second-order valence-corrected chi connectivity index (χ2v) is 21.0. The van der Waals surface area contributed by atoms with Gasteiger partial charge < -0.3 is 23.0 Å². The Hall–Kier alpha value is -1.17. The number of rotatable bonds is 25. The van der Waals surface area contributed by atoms with Crippen LogP contribution in [0.3, 0.4) is 0 Å². The lowest BCUT2D eigenvalue weighted by atomic mass is 9.85. The number of carbonyl (C=O) groups excluding carboxylic acids is 1. The molecule has 5 atom stereocenters. The maximum absolute atomic E-state index is 13.9. The summed E-state index contributed by atoms with van der Waals surface area (Å²) >= 11 is 0. The molecule has 0 bridgehead atoms. The monoisotopic (exact) mass is 742 g/mol. The van der Waals surface area contributed by atoms with Crippen LogP contribution in [-0.4, -0.2) is 43.0 Å². The highest BCUT2D eigenvalue weighted by atomic mass is 31.2. The molecule has 5 unspecified atom stereocenters. The van der Waals surface area contributed by atoms with E-state index in [1.54, 1.807) is 27.7 Å². The van der Waals surface area contributed by atoms with Gasteiger partial charge >= 0.3 is 13.6 Å². The Bertz CT molecular complexity index is 1270. The third-order valence-corrected chi connectivity index (χ3v) is 17.3. The lowest BCUT2D eigenvalue weighted by molar-refractivity contribution is -0.134. The van der Waals surface area contributed by atoms with E-state index in [4.69, 9.17) is 23.0 Å². The summed E-state index contributed by atoms with van der Waals surface area (Å²) in [5, 5.41) is -1.06. The minimum absolute atomic E-state index is 0.00190. The van der Waals surface area contributed by atoms with Gasteiger partial charge in [0, 0.05) is 18.1 Å². The maximum atomic E-state index is 13.9. The molecule has 1 aromatic rings. The van der Waals surface area contributed by atoms with E-state index in [9.17, 15) is 13.9 Å². The quantitative estimate of drug-likeness (QED) is 0.0555. The molecule has 1 aliphatic heterocycles. The lowest BCUT2D eigenvalue weighted by Gasteiger charge is -2.37. The van der Waals surface area contributed by atoms with E-state index >= 15 is 0 Å². The standard InChI is InChI=1S/C40H72O8P2/c1-12-44-49(42,15-4)38(50(43,45-13-2)46-14-3)25-24-37(41)47-39-33(9)29-36-35(34(39)10)26-28-40(11,48-36)27-18-23-32(8)22-17-21-31(7)20-16-19-30(5)6/h29-32,38H,12-28H2,1-11H3. The molecule has 0 saturated heterocycles. The van der Waals surface area contributed by atoms with E-state index in [2.05, 4.69) is 34.6 Å². The molecule has 0 spiro atoms. The van der Waals surface area contributed by atoms with Crippen molar-refractivity contribution in [3.8, 4) is 11.5 Å². The van der Waals surface area contributed by atoms with Gasteiger partial charge in [-0.25, -0.2) is 0 Å². The first-order valence-corrected chi connectivity index (χ1v) is 23.2. The molecule has 290 valence electrons. The summed E-state index contributed by atoms with van der Waals surface area (Å²) in [7, 11) is -7.27. The molecule has 8 nitrogen and oxygen atoms in total. The van der Waals surface area contributed by atoms with Crippen molar-refractivity contribution in [3.05, 3.63) is 22.8 Å². The van der Waals surface area contributed by atoms with E-state index in [0.29, 0.717) is 5.75 Å². The fourth-order valence-electron chi connectivity index (χ4n) is 7.37. The summed E-state index contributed by atoms with van der Waals surface area (Å²) in [6.45, 7) is 22.9. The topological polar surface area (TPSA) is 97.4 Å². The molecule has 0 aliphatic carbocycles. The van der Waals surface area contributed by atoms with Crippen molar-refractivity contribution in [2.45, 2.75) is 171 Å². The molecule has 1 heterocycles. The van der Waals surface area contributed by atoms with Gasteiger partial charge in [0.1, 0.15) is 22.5 Å². The van der Waals surface area contributed by atoms with Gasteiger partial charge in [-0.15, -0.1) is 0 Å². The molecule has 2 rings (SSSR count). The van der Waals surface area contributed by atoms with Gasteiger partial charge in [0.25, 0.3) is 0 Å². The molecule has 10 heteroatoms.